The Morgan fingerprint density at radius 3 is 2.47 bits per heavy atom. The molecule has 164 valence electrons. The van der Waals surface area contributed by atoms with Crippen LogP contribution >= 0.6 is 0 Å². The predicted octanol–water partition coefficient (Wildman–Crippen LogP) is 4.85. The highest BCUT2D eigenvalue weighted by Crippen LogP contribution is 2.27. The summed E-state index contributed by atoms with van der Waals surface area (Å²) in [5, 5.41) is 7.72. The van der Waals surface area contributed by atoms with Crippen LogP contribution in [0.5, 0.6) is 0 Å². The molecule has 30 heavy (non-hydrogen) atoms. The van der Waals surface area contributed by atoms with Gasteiger partial charge in [-0.25, -0.2) is 4.68 Å². The van der Waals surface area contributed by atoms with Gasteiger partial charge in [0, 0.05) is 24.9 Å². The molecule has 2 amide bonds. The van der Waals surface area contributed by atoms with Gasteiger partial charge in [-0.15, -0.1) is 0 Å². The normalized spacial score (nSPS) is 11.4. The van der Waals surface area contributed by atoms with E-state index >= 15 is 0 Å². The number of unbranched alkanes of at least 4 members (excludes halogenated alkanes) is 3. The van der Waals surface area contributed by atoms with Crippen molar-refractivity contribution in [1.82, 2.24) is 14.7 Å². The highest BCUT2D eigenvalue weighted by atomic mass is 16.2. The Morgan fingerprint density at radius 2 is 1.83 bits per heavy atom. The first-order valence-corrected chi connectivity index (χ1v) is 10.8. The molecule has 2 aromatic rings. The molecule has 0 radical (unpaired) electrons. The zero-order chi connectivity index (χ0) is 22.3. The van der Waals surface area contributed by atoms with Gasteiger partial charge in [-0.3, -0.25) is 9.59 Å². The van der Waals surface area contributed by atoms with Gasteiger partial charge in [0.25, 0.3) is 0 Å². The van der Waals surface area contributed by atoms with E-state index in [1.807, 2.05) is 37.3 Å². The lowest BCUT2D eigenvalue weighted by atomic mass is 9.92. The quantitative estimate of drug-likeness (QED) is 0.599. The Labute approximate surface area is 180 Å². The van der Waals surface area contributed by atoms with E-state index in [-0.39, 0.29) is 23.8 Å². The van der Waals surface area contributed by atoms with Crippen molar-refractivity contribution in [1.29, 1.82) is 0 Å². The number of aromatic nitrogens is 2. The van der Waals surface area contributed by atoms with Crippen molar-refractivity contribution in [3.05, 3.63) is 41.6 Å². The number of rotatable bonds is 9. The van der Waals surface area contributed by atoms with E-state index < -0.39 is 0 Å². The first-order chi connectivity index (χ1) is 14.1. The minimum Gasteiger partial charge on any atom is -0.336 e. The molecule has 1 aromatic heterocycles. The second-order valence-electron chi connectivity index (χ2n) is 8.97. The van der Waals surface area contributed by atoms with E-state index in [0.29, 0.717) is 12.2 Å². The first-order valence-electron chi connectivity index (χ1n) is 10.8. The maximum atomic E-state index is 12.7. The van der Waals surface area contributed by atoms with Crippen LogP contribution in [-0.4, -0.2) is 40.1 Å². The topological polar surface area (TPSA) is 67.2 Å². The fraction of sp³-hybridized carbons (Fsp3) is 0.542. The molecule has 0 aliphatic heterocycles. The van der Waals surface area contributed by atoms with Crippen LogP contribution in [0.1, 0.15) is 71.1 Å². The number of para-hydroxylation sites is 1. The first kappa shape index (κ1) is 23.6. The maximum absolute atomic E-state index is 12.7. The van der Waals surface area contributed by atoms with Crippen LogP contribution in [0.15, 0.2) is 30.3 Å². The summed E-state index contributed by atoms with van der Waals surface area (Å²) in [5.74, 6) is 0.390. The molecular formula is C24H36N4O2. The van der Waals surface area contributed by atoms with Gasteiger partial charge in [0.15, 0.2) is 0 Å². The lowest BCUT2D eigenvalue weighted by Crippen LogP contribution is -2.35. The number of hydrogen-bond acceptors (Lipinski definition) is 3. The molecule has 1 N–H and O–H groups in total. The van der Waals surface area contributed by atoms with Crippen LogP contribution in [0.2, 0.25) is 0 Å². The minimum atomic E-state index is -0.227. The number of likely N-dealkylation sites (N-methyl/N-ethyl adjacent to an activating group) is 1. The third-order valence-corrected chi connectivity index (χ3v) is 5.14. The van der Waals surface area contributed by atoms with Crippen LogP contribution in [0.3, 0.4) is 0 Å². The number of aryl methyl sites for hydroxylation is 1. The van der Waals surface area contributed by atoms with Crippen molar-refractivity contribution in [3.63, 3.8) is 0 Å². The molecule has 6 heteroatoms. The Hall–Kier alpha value is -2.63. The molecule has 0 unspecified atom stereocenters. The van der Waals surface area contributed by atoms with E-state index in [1.165, 1.54) is 4.90 Å². The average molecular weight is 413 g/mol. The number of amides is 2. The van der Waals surface area contributed by atoms with Gasteiger partial charge in [-0.1, -0.05) is 65.2 Å². The second kappa shape index (κ2) is 10.4. The summed E-state index contributed by atoms with van der Waals surface area (Å²) in [4.78, 5) is 26.5. The van der Waals surface area contributed by atoms with Crippen LogP contribution in [0.25, 0.3) is 5.69 Å². The average Bonchev–Trinajstić information content (AvgIpc) is 3.09. The highest BCUT2D eigenvalue weighted by molar-refractivity contribution is 5.94. The van der Waals surface area contributed by atoms with E-state index in [9.17, 15) is 9.59 Å². The fourth-order valence-corrected chi connectivity index (χ4v) is 3.20. The summed E-state index contributed by atoms with van der Waals surface area (Å²) in [7, 11) is 1.68. The summed E-state index contributed by atoms with van der Waals surface area (Å²) in [5.41, 5.74) is 2.72. The smallest absolute Gasteiger partial charge is 0.245 e. The van der Waals surface area contributed by atoms with Crippen molar-refractivity contribution in [3.8, 4) is 5.69 Å². The SMILES string of the molecule is CCCCCCC(=O)N(C)CC(=O)Nc1cc(C(C)(C)C)nn1-c1ccccc1C. The summed E-state index contributed by atoms with van der Waals surface area (Å²) in [6, 6.07) is 9.85. The van der Waals surface area contributed by atoms with Crippen molar-refractivity contribution < 1.29 is 9.59 Å². The van der Waals surface area contributed by atoms with Crippen LogP contribution in [0, 0.1) is 6.92 Å². The van der Waals surface area contributed by atoms with E-state index in [4.69, 9.17) is 5.10 Å². The number of anilines is 1. The molecular weight excluding hydrogens is 376 g/mol. The summed E-state index contributed by atoms with van der Waals surface area (Å²) >= 11 is 0. The van der Waals surface area contributed by atoms with Crippen LogP contribution in [-0.2, 0) is 15.0 Å². The van der Waals surface area contributed by atoms with Gasteiger partial charge in [0.2, 0.25) is 11.8 Å². The largest absolute Gasteiger partial charge is 0.336 e. The monoisotopic (exact) mass is 412 g/mol. The van der Waals surface area contributed by atoms with E-state index in [1.54, 1.807) is 11.7 Å². The predicted molar refractivity (Wildman–Crippen MR) is 122 cm³/mol. The van der Waals surface area contributed by atoms with Crippen molar-refractivity contribution >= 4 is 17.6 Å². The number of carbonyl (C=O) groups is 2. The molecule has 0 spiro atoms. The third-order valence-electron chi connectivity index (χ3n) is 5.14. The molecule has 0 bridgehead atoms. The number of hydrogen-bond donors (Lipinski definition) is 1. The van der Waals surface area contributed by atoms with Crippen LogP contribution < -0.4 is 5.32 Å². The summed E-state index contributed by atoms with van der Waals surface area (Å²) < 4.78 is 1.78. The molecule has 1 heterocycles. The van der Waals surface area contributed by atoms with E-state index in [0.717, 1.165) is 42.6 Å². The lowest BCUT2D eigenvalue weighted by molar-refractivity contribution is -0.133. The molecule has 0 fully saturated rings. The Bertz CT molecular complexity index is 864. The number of carbonyl (C=O) groups excluding carboxylic acids is 2. The molecule has 2 rings (SSSR count). The molecule has 0 saturated carbocycles. The van der Waals surface area contributed by atoms with Gasteiger partial charge < -0.3 is 10.2 Å². The van der Waals surface area contributed by atoms with Crippen LogP contribution in [0.4, 0.5) is 5.82 Å². The third kappa shape index (κ3) is 6.44. The molecule has 6 nitrogen and oxygen atoms in total. The molecule has 0 atom stereocenters. The minimum absolute atomic E-state index is 0.00375. The van der Waals surface area contributed by atoms with Gasteiger partial charge in [-0.2, -0.15) is 5.10 Å². The zero-order valence-corrected chi connectivity index (χ0v) is 19.3. The second-order valence-corrected chi connectivity index (χ2v) is 8.97. The van der Waals surface area contributed by atoms with Crippen molar-refractivity contribution in [2.45, 2.75) is 72.1 Å². The number of nitrogens with one attached hydrogen (secondary N) is 1. The standard InChI is InChI=1S/C24H36N4O2/c1-7-8-9-10-15-23(30)27(6)17-22(29)25-21-16-20(24(3,4)5)26-28(21)19-14-12-11-13-18(19)2/h11-14,16H,7-10,15,17H2,1-6H3,(H,25,29). The highest BCUT2D eigenvalue weighted by Gasteiger charge is 2.22. The van der Waals surface area contributed by atoms with Gasteiger partial charge in [0.05, 0.1) is 17.9 Å². The number of benzene rings is 1. The summed E-state index contributed by atoms with van der Waals surface area (Å²) in [6.45, 7) is 10.5. The Balaban J connectivity index is 2.13. The van der Waals surface area contributed by atoms with Gasteiger partial charge >= 0.3 is 0 Å². The van der Waals surface area contributed by atoms with Crippen molar-refractivity contribution in [2.75, 3.05) is 18.9 Å². The lowest BCUT2D eigenvalue weighted by Gasteiger charge is -2.17. The van der Waals surface area contributed by atoms with Gasteiger partial charge in [-0.05, 0) is 25.0 Å². The summed E-state index contributed by atoms with van der Waals surface area (Å²) in [6.07, 6.45) is 4.67. The Kier molecular flexibility index (Phi) is 8.21. The van der Waals surface area contributed by atoms with E-state index in [2.05, 4.69) is 33.0 Å². The number of nitrogens with zero attached hydrogens (tertiary/aromatic N) is 3. The molecule has 0 aliphatic carbocycles. The zero-order valence-electron chi connectivity index (χ0n) is 19.3. The Morgan fingerprint density at radius 1 is 1.13 bits per heavy atom. The maximum Gasteiger partial charge on any atom is 0.245 e. The fourth-order valence-electron chi connectivity index (χ4n) is 3.20. The van der Waals surface area contributed by atoms with Crippen molar-refractivity contribution in [2.24, 2.45) is 0 Å². The van der Waals surface area contributed by atoms with Gasteiger partial charge in [0.1, 0.15) is 5.82 Å². The molecule has 0 aliphatic rings. The molecule has 1 aromatic carbocycles. The molecule has 0 saturated heterocycles.